The highest BCUT2D eigenvalue weighted by atomic mass is 32.2. The van der Waals surface area contributed by atoms with Crippen molar-refractivity contribution in [1.82, 2.24) is 0 Å². The molecule has 0 aliphatic heterocycles. The Kier molecular flexibility index (Phi) is 6.22. The summed E-state index contributed by atoms with van der Waals surface area (Å²) in [5.41, 5.74) is 0. The van der Waals surface area contributed by atoms with Crippen molar-refractivity contribution >= 4 is 20.2 Å². The maximum absolute atomic E-state index is 10.9. The Morgan fingerprint density at radius 2 is 1.21 bits per heavy atom. The van der Waals surface area contributed by atoms with Crippen LogP contribution in [0.15, 0.2) is 0 Å². The first-order valence-corrected chi connectivity index (χ1v) is 9.99. The van der Waals surface area contributed by atoms with Gasteiger partial charge in [0.25, 0.3) is 20.2 Å². The first-order chi connectivity index (χ1) is 8.67. The summed E-state index contributed by atoms with van der Waals surface area (Å²) in [7, 11) is -6.75. The Labute approximate surface area is 115 Å². The molecule has 0 aromatic carbocycles. The SMILES string of the molecule is CS(=O)(=O)OCC[C@@H]1CCC[C@H]1CCOS(C)(=O)=O. The molecule has 2 atom stereocenters. The van der Waals surface area contributed by atoms with Crippen molar-refractivity contribution in [3.63, 3.8) is 0 Å². The van der Waals surface area contributed by atoms with Crippen molar-refractivity contribution in [3.05, 3.63) is 0 Å². The summed E-state index contributed by atoms with van der Waals surface area (Å²) in [5.74, 6) is 0.787. The minimum absolute atomic E-state index is 0.201. The number of hydrogen-bond donors (Lipinski definition) is 0. The third kappa shape index (κ3) is 7.86. The van der Waals surface area contributed by atoms with Crippen molar-refractivity contribution in [3.8, 4) is 0 Å². The molecule has 1 saturated carbocycles. The first kappa shape index (κ1) is 16.9. The summed E-state index contributed by atoms with van der Waals surface area (Å²) < 4.78 is 52.9. The van der Waals surface area contributed by atoms with E-state index in [9.17, 15) is 16.8 Å². The standard InChI is InChI=1S/C11H22O6S2/c1-18(12,13)16-8-6-10-4-3-5-11(10)7-9-17-19(2,14)15/h10-11H,3-9H2,1-2H3/t10-,11-/m0/s1. The first-order valence-electron chi connectivity index (χ1n) is 6.36. The minimum Gasteiger partial charge on any atom is -0.270 e. The van der Waals surface area contributed by atoms with Gasteiger partial charge in [0, 0.05) is 0 Å². The van der Waals surface area contributed by atoms with Crippen molar-refractivity contribution in [1.29, 1.82) is 0 Å². The van der Waals surface area contributed by atoms with Gasteiger partial charge in [-0.25, -0.2) is 0 Å². The van der Waals surface area contributed by atoms with Crippen LogP contribution in [0.1, 0.15) is 32.1 Å². The van der Waals surface area contributed by atoms with E-state index < -0.39 is 20.2 Å². The Balaban J connectivity index is 2.29. The molecule has 0 N–H and O–H groups in total. The van der Waals surface area contributed by atoms with Gasteiger partial charge in [-0.05, 0) is 24.7 Å². The van der Waals surface area contributed by atoms with Crippen LogP contribution in [0.25, 0.3) is 0 Å². The van der Waals surface area contributed by atoms with Gasteiger partial charge in [-0.2, -0.15) is 16.8 Å². The predicted molar refractivity (Wildman–Crippen MR) is 71.7 cm³/mol. The van der Waals surface area contributed by atoms with Gasteiger partial charge in [0.2, 0.25) is 0 Å². The van der Waals surface area contributed by atoms with Crippen LogP contribution < -0.4 is 0 Å². The smallest absolute Gasteiger partial charge is 0.264 e. The monoisotopic (exact) mass is 314 g/mol. The highest BCUT2D eigenvalue weighted by molar-refractivity contribution is 7.86. The van der Waals surface area contributed by atoms with E-state index in [-0.39, 0.29) is 13.2 Å². The molecule has 8 heteroatoms. The van der Waals surface area contributed by atoms with Crippen LogP contribution in [0.2, 0.25) is 0 Å². The Morgan fingerprint density at radius 1 is 0.842 bits per heavy atom. The maximum atomic E-state index is 10.9. The van der Waals surface area contributed by atoms with E-state index in [1.54, 1.807) is 0 Å². The summed E-state index contributed by atoms with van der Waals surface area (Å²) in [6, 6.07) is 0. The molecule has 1 aliphatic carbocycles. The molecular formula is C11H22O6S2. The third-order valence-electron chi connectivity index (χ3n) is 3.39. The van der Waals surface area contributed by atoms with Gasteiger partial charge in [-0.3, -0.25) is 8.37 Å². The van der Waals surface area contributed by atoms with Crippen LogP contribution in [0, 0.1) is 11.8 Å². The zero-order valence-electron chi connectivity index (χ0n) is 11.4. The second-order valence-corrected chi connectivity index (χ2v) is 8.37. The molecule has 0 radical (unpaired) electrons. The summed E-state index contributed by atoms with van der Waals surface area (Å²) in [6.45, 7) is 0.403. The number of rotatable bonds is 8. The Hall–Kier alpha value is -0.180. The fourth-order valence-corrected chi connectivity index (χ4v) is 3.37. The van der Waals surface area contributed by atoms with Gasteiger partial charge < -0.3 is 0 Å². The van der Waals surface area contributed by atoms with Gasteiger partial charge in [0.1, 0.15) is 0 Å². The Bertz CT molecular complexity index is 423. The van der Waals surface area contributed by atoms with Crippen molar-refractivity contribution in [2.75, 3.05) is 25.7 Å². The van der Waals surface area contributed by atoms with Crippen molar-refractivity contribution in [2.24, 2.45) is 11.8 Å². The van der Waals surface area contributed by atoms with Gasteiger partial charge >= 0.3 is 0 Å². The topological polar surface area (TPSA) is 86.7 Å². The highest BCUT2D eigenvalue weighted by Crippen LogP contribution is 2.36. The molecule has 0 amide bonds. The molecule has 0 heterocycles. The van der Waals surface area contributed by atoms with E-state index in [1.165, 1.54) is 0 Å². The van der Waals surface area contributed by atoms with Crippen LogP contribution in [-0.2, 0) is 28.6 Å². The average Bonchev–Trinajstić information content (AvgIpc) is 2.62. The minimum atomic E-state index is -3.37. The lowest BCUT2D eigenvalue weighted by Crippen LogP contribution is -2.15. The second-order valence-electron chi connectivity index (χ2n) is 5.08. The fraction of sp³-hybridized carbons (Fsp3) is 1.00. The third-order valence-corrected chi connectivity index (χ3v) is 4.58. The fourth-order valence-electron chi connectivity index (χ4n) is 2.58. The predicted octanol–water partition coefficient (Wildman–Crippen LogP) is 1.14. The molecular weight excluding hydrogens is 292 g/mol. The van der Waals surface area contributed by atoms with E-state index in [0.29, 0.717) is 24.7 Å². The van der Waals surface area contributed by atoms with Gasteiger partial charge in [-0.1, -0.05) is 19.3 Å². The lowest BCUT2D eigenvalue weighted by molar-refractivity contribution is 0.223. The number of hydrogen-bond acceptors (Lipinski definition) is 6. The van der Waals surface area contributed by atoms with Gasteiger partial charge in [0.05, 0.1) is 25.7 Å². The Morgan fingerprint density at radius 3 is 1.53 bits per heavy atom. The zero-order valence-corrected chi connectivity index (χ0v) is 13.0. The van der Waals surface area contributed by atoms with E-state index in [1.807, 2.05) is 0 Å². The molecule has 1 rings (SSSR count). The quantitative estimate of drug-likeness (QED) is 0.624. The van der Waals surface area contributed by atoms with Gasteiger partial charge in [0.15, 0.2) is 0 Å². The van der Waals surface area contributed by atoms with Crippen LogP contribution in [0.4, 0.5) is 0 Å². The van der Waals surface area contributed by atoms with E-state index in [0.717, 1.165) is 31.8 Å². The molecule has 0 aromatic heterocycles. The molecule has 6 nitrogen and oxygen atoms in total. The van der Waals surface area contributed by atoms with E-state index >= 15 is 0 Å². The molecule has 19 heavy (non-hydrogen) atoms. The summed E-state index contributed by atoms with van der Waals surface area (Å²) in [5, 5.41) is 0. The molecule has 0 aromatic rings. The van der Waals surface area contributed by atoms with Crippen LogP contribution in [0.3, 0.4) is 0 Å². The summed E-state index contributed by atoms with van der Waals surface area (Å²) in [4.78, 5) is 0. The van der Waals surface area contributed by atoms with Crippen LogP contribution in [-0.4, -0.2) is 42.6 Å². The van der Waals surface area contributed by atoms with Crippen LogP contribution >= 0.6 is 0 Å². The lowest BCUT2D eigenvalue weighted by Gasteiger charge is -2.18. The van der Waals surface area contributed by atoms with E-state index in [4.69, 9.17) is 8.37 Å². The lowest BCUT2D eigenvalue weighted by atomic mass is 9.91. The summed E-state index contributed by atoms with van der Waals surface area (Å²) >= 11 is 0. The largest absolute Gasteiger partial charge is 0.270 e. The molecule has 114 valence electrons. The molecule has 0 saturated heterocycles. The highest BCUT2D eigenvalue weighted by Gasteiger charge is 2.27. The normalized spacial score (nSPS) is 24.7. The summed E-state index contributed by atoms with van der Waals surface area (Å²) in [6.07, 6.45) is 6.63. The van der Waals surface area contributed by atoms with Crippen molar-refractivity contribution < 1.29 is 25.2 Å². The molecule has 1 fully saturated rings. The second kappa shape index (κ2) is 7.01. The molecule has 0 unspecified atom stereocenters. The van der Waals surface area contributed by atoms with Crippen molar-refractivity contribution in [2.45, 2.75) is 32.1 Å². The molecule has 0 spiro atoms. The average molecular weight is 314 g/mol. The molecule has 1 aliphatic rings. The van der Waals surface area contributed by atoms with E-state index in [2.05, 4.69) is 0 Å². The van der Waals surface area contributed by atoms with Crippen LogP contribution in [0.5, 0.6) is 0 Å². The zero-order chi connectivity index (χ0) is 14.5. The maximum Gasteiger partial charge on any atom is 0.264 e. The molecule has 0 bridgehead atoms. The van der Waals surface area contributed by atoms with Gasteiger partial charge in [-0.15, -0.1) is 0 Å².